The van der Waals surface area contributed by atoms with E-state index in [2.05, 4.69) is 20.4 Å². The molecule has 0 aromatic rings. The summed E-state index contributed by atoms with van der Waals surface area (Å²) in [6.45, 7) is 11.2. The molecule has 0 radical (unpaired) electrons. The molecule has 0 heterocycles. The largest absolute Gasteiger partial charge is 0.399 e. The lowest BCUT2D eigenvalue weighted by Crippen LogP contribution is -2.05. The predicted octanol–water partition coefficient (Wildman–Crippen LogP) is 2.03. The van der Waals surface area contributed by atoms with E-state index >= 15 is 0 Å². The molecule has 3 heteroatoms. The van der Waals surface area contributed by atoms with Gasteiger partial charge in [-0.2, -0.15) is 0 Å². The molecule has 0 aromatic carbocycles. The van der Waals surface area contributed by atoms with Gasteiger partial charge in [-0.25, -0.2) is 0 Å². The molecule has 0 aromatic heterocycles. The average Bonchev–Trinajstić information content (AvgIpc) is 2.06. The molecular formula is C9H22O2Si. The fourth-order valence-electron chi connectivity index (χ4n) is 0.465. The minimum atomic E-state index is -0.611. The van der Waals surface area contributed by atoms with Crippen molar-refractivity contribution in [3.63, 3.8) is 0 Å². The first-order valence-electron chi connectivity index (χ1n) is 4.55. The van der Waals surface area contributed by atoms with Crippen molar-refractivity contribution < 1.29 is 8.85 Å². The van der Waals surface area contributed by atoms with E-state index < -0.39 is 10.0 Å². The summed E-state index contributed by atoms with van der Waals surface area (Å²) in [7, 11) is -0.611. The van der Waals surface area contributed by atoms with E-state index in [-0.39, 0.29) is 0 Å². The number of hydrogen-bond acceptors (Lipinski definition) is 2. The van der Waals surface area contributed by atoms with E-state index in [0.29, 0.717) is 0 Å². The molecule has 12 heavy (non-hydrogen) atoms. The Hall–Kier alpha value is -0.123. The second kappa shape index (κ2) is 17.1. The molecule has 0 aliphatic heterocycles. The normalized spacial score (nSPS) is 8.58. The third kappa shape index (κ3) is 22.5. The predicted molar refractivity (Wildman–Crippen MR) is 56.9 cm³/mol. The molecular weight excluding hydrogens is 168 g/mol. The molecule has 0 aliphatic rings. The summed E-state index contributed by atoms with van der Waals surface area (Å²) in [6.07, 6.45) is 3.95. The van der Waals surface area contributed by atoms with Crippen LogP contribution in [0.1, 0.15) is 33.6 Å². The van der Waals surface area contributed by atoms with Crippen LogP contribution in [0.2, 0.25) is 0 Å². The molecule has 0 aliphatic carbocycles. The van der Waals surface area contributed by atoms with Crippen molar-refractivity contribution in [2.45, 2.75) is 33.6 Å². The van der Waals surface area contributed by atoms with Gasteiger partial charge in [0.15, 0.2) is 0 Å². The first-order chi connectivity index (χ1) is 5.83. The number of rotatable bonds is 6. The molecule has 0 spiro atoms. The van der Waals surface area contributed by atoms with Gasteiger partial charge in [0.25, 0.3) is 0 Å². The lowest BCUT2D eigenvalue weighted by molar-refractivity contribution is 0.222. The molecule has 0 saturated heterocycles. The van der Waals surface area contributed by atoms with Crippen molar-refractivity contribution in [3.05, 3.63) is 12.7 Å². The van der Waals surface area contributed by atoms with Gasteiger partial charge in [0.05, 0.1) is 0 Å². The summed E-state index contributed by atoms with van der Waals surface area (Å²) in [4.78, 5) is 0. The standard InChI is InChI=1S/C6H16O2Si.C3H6/c1-3-5-7-9-8-6-4-2;1-3-2/h3-6,9H2,1-2H3;3H,1H2,2H3. The molecule has 0 amide bonds. The molecule has 0 saturated carbocycles. The first kappa shape index (κ1) is 14.4. The van der Waals surface area contributed by atoms with Gasteiger partial charge in [0.2, 0.25) is 0 Å². The minimum absolute atomic E-state index is 0.611. The lowest BCUT2D eigenvalue weighted by Gasteiger charge is -2.00. The van der Waals surface area contributed by atoms with E-state index in [1.54, 1.807) is 6.08 Å². The summed E-state index contributed by atoms with van der Waals surface area (Å²) >= 11 is 0. The average molecular weight is 190 g/mol. The Morgan fingerprint density at radius 2 is 1.50 bits per heavy atom. The van der Waals surface area contributed by atoms with E-state index in [0.717, 1.165) is 26.1 Å². The molecule has 74 valence electrons. The van der Waals surface area contributed by atoms with Crippen LogP contribution in [0.25, 0.3) is 0 Å². The summed E-state index contributed by atoms with van der Waals surface area (Å²) in [5.74, 6) is 0. The third-order valence-corrected chi connectivity index (χ3v) is 1.77. The fraction of sp³-hybridized carbons (Fsp3) is 0.778. The van der Waals surface area contributed by atoms with Gasteiger partial charge >= 0.3 is 10.0 Å². The van der Waals surface area contributed by atoms with Crippen molar-refractivity contribution in [1.29, 1.82) is 0 Å². The van der Waals surface area contributed by atoms with Crippen LogP contribution in [0.15, 0.2) is 12.7 Å². The Kier molecular flexibility index (Phi) is 20.5. The van der Waals surface area contributed by atoms with Crippen molar-refractivity contribution in [1.82, 2.24) is 0 Å². The quantitative estimate of drug-likeness (QED) is 0.362. The van der Waals surface area contributed by atoms with Crippen LogP contribution in [0.4, 0.5) is 0 Å². The zero-order valence-electron chi connectivity index (χ0n) is 8.64. The van der Waals surface area contributed by atoms with Gasteiger partial charge < -0.3 is 8.85 Å². The van der Waals surface area contributed by atoms with Crippen LogP contribution < -0.4 is 0 Å². The van der Waals surface area contributed by atoms with Gasteiger partial charge in [-0.15, -0.1) is 6.58 Å². The fourth-order valence-corrected chi connectivity index (χ4v) is 1.40. The van der Waals surface area contributed by atoms with Gasteiger partial charge in [-0.05, 0) is 19.8 Å². The Bertz CT molecular complexity index is 70.9. The van der Waals surface area contributed by atoms with Crippen LogP contribution in [0.3, 0.4) is 0 Å². The molecule has 0 bridgehead atoms. The van der Waals surface area contributed by atoms with Crippen LogP contribution >= 0.6 is 0 Å². The van der Waals surface area contributed by atoms with Gasteiger partial charge in [0, 0.05) is 13.2 Å². The maximum atomic E-state index is 5.20. The molecule has 0 atom stereocenters. The van der Waals surface area contributed by atoms with Gasteiger partial charge in [-0.1, -0.05) is 19.9 Å². The van der Waals surface area contributed by atoms with Crippen LogP contribution in [-0.4, -0.2) is 23.2 Å². The zero-order valence-corrected chi connectivity index (χ0v) is 10.1. The number of allylic oxidation sites excluding steroid dienone is 1. The van der Waals surface area contributed by atoms with E-state index in [4.69, 9.17) is 8.85 Å². The maximum absolute atomic E-state index is 5.20. The van der Waals surface area contributed by atoms with E-state index in [9.17, 15) is 0 Å². The van der Waals surface area contributed by atoms with E-state index in [1.165, 1.54) is 0 Å². The topological polar surface area (TPSA) is 18.5 Å². The maximum Gasteiger partial charge on any atom is 0.304 e. The van der Waals surface area contributed by atoms with Crippen molar-refractivity contribution in [2.24, 2.45) is 0 Å². The SMILES string of the molecule is C=CC.CCCO[SiH2]OCCC. The van der Waals surface area contributed by atoms with Crippen molar-refractivity contribution in [3.8, 4) is 0 Å². The van der Waals surface area contributed by atoms with Gasteiger partial charge in [0.1, 0.15) is 0 Å². The first-order valence-corrected chi connectivity index (χ1v) is 5.71. The monoisotopic (exact) mass is 190 g/mol. The highest BCUT2D eigenvalue weighted by atomic mass is 28.3. The minimum Gasteiger partial charge on any atom is -0.399 e. The Labute approximate surface area is 79.0 Å². The molecule has 2 nitrogen and oxygen atoms in total. The molecule has 0 unspecified atom stereocenters. The summed E-state index contributed by atoms with van der Waals surface area (Å²) in [5.41, 5.74) is 0. The molecule has 0 N–H and O–H groups in total. The number of hydrogen-bond donors (Lipinski definition) is 0. The van der Waals surface area contributed by atoms with Crippen LogP contribution in [0, 0.1) is 0 Å². The lowest BCUT2D eigenvalue weighted by atomic mass is 10.5. The Balaban J connectivity index is 0. The van der Waals surface area contributed by atoms with Crippen LogP contribution in [-0.2, 0) is 8.85 Å². The second-order valence-corrected chi connectivity index (χ2v) is 3.39. The highest BCUT2D eigenvalue weighted by Gasteiger charge is 1.85. The smallest absolute Gasteiger partial charge is 0.304 e. The summed E-state index contributed by atoms with van der Waals surface area (Å²) in [5, 5.41) is 0. The van der Waals surface area contributed by atoms with Crippen molar-refractivity contribution >= 4 is 10.0 Å². The summed E-state index contributed by atoms with van der Waals surface area (Å²) in [6, 6.07) is 0. The highest BCUT2D eigenvalue weighted by molar-refractivity contribution is 6.17. The van der Waals surface area contributed by atoms with Crippen LogP contribution in [0.5, 0.6) is 0 Å². The van der Waals surface area contributed by atoms with E-state index in [1.807, 2.05) is 6.92 Å². The second-order valence-electron chi connectivity index (χ2n) is 2.34. The third-order valence-electron chi connectivity index (χ3n) is 0.864. The van der Waals surface area contributed by atoms with Crippen molar-refractivity contribution in [2.75, 3.05) is 13.2 Å². The van der Waals surface area contributed by atoms with Gasteiger partial charge in [-0.3, -0.25) is 0 Å². The summed E-state index contributed by atoms with van der Waals surface area (Å²) < 4.78 is 10.4. The Morgan fingerprint density at radius 1 is 1.17 bits per heavy atom. The molecule has 0 fully saturated rings. The molecule has 0 rings (SSSR count). The zero-order chi connectivity index (χ0) is 9.66. The Morgan fingerprint density at radius 3 is 1.75 bits per heavy atom. The highest BCUT2D eigenvalue weighted by Crippen LogP contribution is 1.81.